The van der Waals surface area contributed by atoms with Crippen molar-refractivity contribution in [1.29, 1.82) is 0 Å². The third kappa shape index (κ3) is 2.13. The predicted octanol–water partition coefficient (Wildman–Crippen LogP) is 0.535. The summed E-state index contributed by atoms with van der Waals surface area (Å²) in [6, 6.07) is 6.15. The van der Waals surface area contributed by atoms with Gasteiger partial charge in [-0.1, -0.05) is 0 Å². The second-order valence-corrected chi connectivity index (χ2v) is 2.96. The first-order valence-electron chi connectivity index (χ1n) is 4.19. The molecule has 0 fully saturated rings. The first-order valence-corrected chi connectivity index (χ1v) is 4.19. The normalized spacial score (nSPS) is 15.5. The van der Waals surface area contributed by atoms with Crippen LogP contribution in [0.1, 0.15) is 27.6 Å². The molecule has 0 aliphatic carbocycles. The highest BCUT2D eigenvalue weighted by Gasteiger charge is 2.19. The fourth-order valence-corrected chi connectivity index (χ4v) is 1.20. The lowest BCUT2D eigenvalue weighted by Crippen LogP contribution is -2.19. The minimum atomic E-state index is -0.847. The Labute approximate surface area is 85.9 Å². The molecule has 2 heterocycles. The smallest absolute Gasteiger partial charge is 0.341 e. The summed E-state index contributed by atoms with van der Waals surface area (Å²) in [7, 11) is 0. The van der Waals surface area contributed by atoms with Crippen molar-refractivity contribution in [3.8, 4) is 0 Å². The van der Waals surface area contributed by atoms with Gasteiger partial charge in [-0.3, -0.25) is 0 Å². The molecule has 1 aromatic carbocycles. The average molecular weight is 210 g/mol. The molecule has 2 aliphatic heterocycles. The van der Waals surface area contributed by atoms with Gasteiger partial charge in [-0.2, -0.15) is 0 Å². The van der Waals surface area contributed by atoms with E-state index in [-0.39, 0.29) is 5.48 Å². The summed E-state index contributed by atoms with van der Waals surface area (Å²) in [6.45, 7) is 1.50. The number of benzene rings is 1. The third-order valence-electron chi connectivity index (χ3n) is 1.90. The Balaban J connectivity index is 0.00000112. The fraction of sp³-hybridized carbons (Fsp3) is 0.200. The Kier molecular flexibility index (Phi) is 3.06. The van der Waals surface area contributed by atoms with Gasteiger partial charge in [-0.25, -0.2) is 9.59 Å². The SMILES string of the molecule is CC1OC(=O)c2ccc(cc2)C(=O)O1.O. The molecule has 2 N–H and O–H groups in total. The topological polar surface area (TPSA) is 84.1 Å². The van der Waals surface area contributed by atoms with Crippen LogP contribution in [0.5, 0.6) is 0 Å². The zero-order chi connectivity index (χ0) is 10.1. The van der Waals surface area contributed by atoms with Crippen LogP contribution in [0, 0.1) is 0 Å². The van der Waals surface area contributed by atoms with E-state index < -0.39 is 18.2 Å². The summed E-state index contributed by atoms with van der Waals surface area (Å²) in [4.78, 5) is 22.7. The van der Waals surface area contributed by atoms with Crippen molar-refractivity contribution in [3.63, 3.8) is 0 Å². The largest absolute Gasteiger partial charge is 0.422 e. The lowest BCUT2D eigenvalue weighted by atomic mass is 10.1. The number of carbonyl (C=O) groups is 2. The second kappa shape index (κ2) is 4.10. The molecule has 1 aromatic rings. The van der Waals surface area contributed by atoms with E-state index >= 15 is 0 Å². The molecule has 5 nitrogen and oxygen atoms in total. The number of hydrogen-bond donors (Lipinski definition) is 0. The van der Waals surface area contributed by atoms with Crippen LogP contribution in [0.3, 0.4) is 0 Å². The molecule has 15 heavy (non-hydrogen) atoms. The summed E-state index contributed by atoms with van der Waals surface area (Å²) in [6.07, 6.45) is -0.847. The van der Waals surface area contributed by atoms with Gasteiger partial charge in [0, 0.05) is 6.92 Å². The average Bonchev–Trinajstić information content (AvgIpc) is 2.23. The highest BCUT2D eigenvalue weighted by Crippen LogP contribution is 2.13. The molecular weight excluding hydrogens is 200 g/mol. The van der Waals surface area contributed by atoms with E-state index in [1.165, 1.54) is 31.2 Å². The number of fused-ring (bicyclic) bond motifs is 6. The van der Waals surface area contributed by atoms with Crippen LogP contribution in [-0.2, 0) is 9.47 Å². The molecule has 0 saturated carbocycles. The van der Waals surface area contributed by atoms with Crippen LogP contribution in [0.15, 0.2) is 24.3 Å². The van der Waals surface area contributed by atoms with Crippen LogP contribution in [0.4, 0.5) is 0 Å². The molecule has 0 unspecified atom stereocenters. The number of ether oxygens (including phenoxy) is 2. The Morgan fingerprint density at radius 2 is 1.27 bits per heavy atom. The Morgan fingerprint density at radius 1 is 0.933 bits per heavy atom. The molecule has 0 saturated heterocycles. The summed E-state index contributed by atoms with van der Waals surface area (Å²) >= 11 is 0. The minimum Gasteiger partial charge on any atom is -0.422 e. The van der Waals surface area contributed by atoms with Crippen molar-refractivity contribution in [2.45, 2.75) is 13.2 Å². The van der Waals surface area contributed by atoms with E-state index in [1.807, 2.05) is 0 Å². The number of carbonyl (C=O) groups excluding carboxylic acids is 2. The van der Waals surface area contributed by atoms with Gasteiger partial charge in [-0.15, -0.1) is 0 Å². The van der Waals surface area contributed by atoms with Gasteiger partial charge in [0.15, 0.2) is 0 Å². The summed E-state index contributed by atoms with van der Waals surface area (Å²) in [5, 5.41) is 0. The number of rotatable bonds is 0. The first-order chi connectivity index (χ1) is 6.66. The second-order valence-electron chi connectivity index (χ2n) is 2.96. The lowest BCUT2D eigenvalue weighted by molar-refractivity contribution is -0.0686. The van der Waals surface area contributed by atoms with Crippen LogP contribution >= 0.6 is 0 Å². The van der Waals surface area contributed by atoms with Crippen LogP contribution in [0.2, 0.25) is 0 Å². The standard InChI is InChI=1S/C10H8O4.H2O/c1-6-13-9(11)7-2-3-8(5-4-7)10(12)14-6;/h2-6H,1H3;1H2. The van der Waals surface area contributed by atoms with E-state index in [0.717, 1.165) is 0 Å². The number of hydrogen-bond acceptors (Lipinski definition) is 4. The van der Waals surface area contributed by atoms with Crippen molar-refractivity contribution in [2.24, 2.45) is 0 Å². The van der Waals surface area contributed by atoms with E-state index in [2.05, 4.69) is 0 Å². The highest BCUT2D eigenvalue weighted by molar-refractivity contribution is 5.94. The summed E-state index contributed by atoms with van der Waals surface area (Å²) < 4.78 is 9.67. The Hall–Kier alpha value is -1.88. The van der Waals surface area contributed by atoms with Gasteiger partial charge >= 0.3 is 11.9 Å². The zero-order valence-corrected chi connectivity index (χ0v) is 8.02. The van der Waals surface area contributed by atoms with E-state index in [1.54, 1.807) is 0 Å². The van der Waals surface area contributed by atoms with Gasteiger partial charge in [0.2, 0.25) is 6.29 Å². The molecule has 0 amide bonds. The molecule has 0 aromatic heterocycles. The molecular formula is C10H10O5. The first kappa shape index (κ1) is 11.2. The van der Waals surface area contributed by atoms with Gasteiger partial charge in [0.1, 0.15) is 0 Å². The molecule has 2 bridgehead atoms. The summed E-state index contributed by atoms with van der Waals surface area (Å²) in [5.74, 6) is -0.975. The Bertz CT molecular complexity index is 344. The van der Waals surface area contributed by atoms with Crippen molar-refractivity contribution >= 4 is 11.9 Å². The zero-order valence-electron chi connectivity index (χ0n) is 8.02. The van der Waals surface area contributed by atoms with E-state index in [4.69, 9.17) is 9.47 Å². The molecule has 2 aliphatic rings. The molecule has 80 valence electrons. The monoisotopic (exact) mass is 210 g/mol. The van der Waals surface area contributed by atoms with Crippen molar-refractivity contribution in [1.82, 2.24) is 0 Å². The van der Waals surface area contributed by atoms with Crippen LogP contribution in [0.25, 0.3) is 0 Å². The van der Waals surface area contributed by atoms with Gasteiger partial charge in [0.05, 0.1) is 11.1 Å². The fourth-order valence-electron chi connectivity index (χ4n) is 1.20. The minimum absolute atomic E-state index is 0. The molecule has 3 rings (SSSR count). The van der Waals surface area contributed by atoms with E-state index in [0.29, 0.717) is 11.1 Å². The lowest BCUT2D eigenvalue weighted by Gasteiger charge is -2.11. The highest BCUT2D eigenvalue weighted by atomic mass is 16.7. The van der Waals surface area contributed by atoms with Gasteiger partial charge < -0.3 is 14.9 Å². The van der Waals surface area contributed by atoms with Gasteiger partial charge in [-0.05, 0) is 24.3 Å². The maximum absolute atomic E-state index is 11.3. The quantitative estimate of drug-likeness (QED) is 0.585. The molecule has 0 radical (unpaired) electrons. The van der Waals surface area contributed by atoms with Crippen molar-refractivity contribution in [3.05, 3.63) is 35.4 Å². The van der Waals surface area contributed by atoms with Crippen molar-refractivity contribution in [2.75, 3.05) is 0 Å². The van der Waals surface area contributed by atoms with Crippen LogP contribution < -0.4 is 0 Å². The molecule has 0 atom stereocenters. The molecule has 5 heteroatoms. The summed E-state index contributed by atoms with van der Waals surface area (Å²) in [5.41, 5.74) is 0.831. The Morgan fingerprint density at radius 3 is 1.60 bits per heavy atom. The maximum atomic E-state index is 11.3. The predicted molar refractivity (Wildman–Crippen MR) is 50.3 cm³/mol. The number of esters is 2. The van der Waals surface area contributed by atoms with E-state index in [9.17, 15) is 9.59 Å². The maximum Gasteiger partial charge on any atom is 0.341 e. The molecule has 0 spiro atoms. The van der Waals surface area contributed by atoms with Crippen molar-refractivity contribution < 1.29 is 24.5 Å². The van der Waals surface area contributed by atoms with Crippen LogP contribution in [-0.4, -0.2) is 23.7 Å². The van der Waals surface area contributed by atoms with Gasteiger partial charge in [0.25, 0.3) is 0 Å². The third-order valence-corrected chi connectivity index (χ3v) is 1.90.